The van der Waals surface area contributed by atoms with Crippen LogP contribution in [0.15, 0.2) is 42.5 Å². The zero-order valence-corrected chi connectivity index (χ0v) is 18.4. The monoisotopic (exact) mass is 434 g/mol. The fourth-order valence-electron chi connectivity index (χ4n) is 5.24. The molecule has 0 saturated carbocycles. The molecule has 168 valence electrons. The molecule has 1 saturated heterocycles. The SMILES string of the molecule is CCN1CCNc2cc(C(=O)N3CC[C@]4(Cc5ccccc5CN4)[C@H](O)C3)ccc2C1=O. The molecule has 2 aromatic carbocycles. The van der Waals surface area contributed by atoms with Crippen molar-refractivity contribution in [3.63, 3.8) is 0 Å². The molecule has 0 radical (unpaired) electrons. The van der Waals surface area contributed by atoms with Crippen LogP contribution < -0.4 is 10.6 Å². The number of aliphatic hydroxyl groups excluding tert-OH is 1. The zero-order chi connectivity index (χ0) is 22.3. The number of carbonyl (C=O) groups excluding carboxylic acids is 2. The molecule has 3 heterocycles. The van der Waals surface area contributed by atoms with E-state index in [9.17, 15) is 14.7 Å². The number of β-amino-alcohol motifs (C(OH)–C–C–N with tert-alkyl or cyclic N) is 1. The Bertz CT molecular complexity index is 1060. The molecule has 7 nitrogen and oxygen atoms in total. The first-order valence-corrected chi connectivity index (χ1v) is 11.5. The van der Waals surface area contributed by atoms with Gasteiger partial charge < -0.3 is 25.5 Å². The Morgan fingerprint density at radius 3 is 2.78 bits per heavy atom. The van der Waals surface area contributed by atoms with Crippen LogP contribution in [0.3, 0.4) is 0 Å². The average molecular weight is 435 g/mol. The maximum absolute atomic E-state index is 13.3. The second kappa shape index (κ2) is 8.22. The maximum atomic E-state index is 13.3. The van der Waals surface area contributed by atoms with Crippen molar-refractivity contribution in [1.29, 1.82) is 0 Å². The molecule has 3 aliphatic heterocycles. The number of benzene rings is 2. The Hall–Kier alpha value is -2.90. The number of carbonyl (C=O) groups is 2. The van der Waals surface area contributed by atoms with Gasteiger partial charge in [0.15, 0.2) is 0 Å². The Morgan fingerprint density at radius 2 is 2.00 bits per heavy atom. The van der Waals surface area contributed by atoms with Gasteiger partial charge in [0.25, 0.3) is 11.8 Å². The number of hydrogen-bond acceptors (Lipinski definition) is 5. The highest BCUT2D eigenvalue weighted by Gasteiger charge is 2.45. The van der Waals surface area contributed by atoms with E-state index in [0.29, 0.717) is 56.0 Å². The van der Waals surface area contributed by atoms with Gasteiger partial charge in [0.05, 0.1) is 17.2 Å². The van der Waals surface area contributed by atoms with Gasteiger partial charge in [-0.15, -0.1) is 0 Å². The zero-order valence-electron chi connectivity index (χ0n) is 18.4. The maximum Gasteiger partial charge on any atom is 0.256 e. The van der Waals surface area contributed by atoms with Crippen LogP contribution in [0.1, 0.15) is 45.2 Å². The van der Waals surface area contributed by atoms with Crippen LogP contribution in [0.5, 0.6) is 0 Å². The summed E-state index contributed by atoms with van der Waals surface area (Å²) in [6.45, 7) is 5.54. The Morgan fingerprint density at radius 1 is 1.19 bits per heavy atom. The molecule has 3 N–H and O–H groups in total. The lowest BCUT2D eigenvalue weighted by atomic mass is 9.76. The van der Waals surface area contributed by atoms with Crippen molar-refractivity contribution in [3.05, 3.63) is 64.7 Å². The molecule has 1 spiro atoms. The fraction of sp³-hybridized carbons (Fsp3) is 0.440. The number of likely N-dealkylation sites (tertiary alicyclic amines) is 1. The van der Waals surface area contributed by atoms with Crippen molar-refractivity contribution < 1.29 is 14.7 Å². The molecular weight excluding hydrogens is 404 g/mol. The van der Waals surface area contributed by atoms with E-state index in [2.05, 4.69) is 22.8 Å². The van der Waals surface area contributed by atoms with Gasteiger partial charge in [-0.25, -0.2) is 0 Å². The van der Waals surface area contributed by atoms with E-state index in [4.69, 9.17) is 0 Å². The van der Waals surface area contributed by atoms with Crippen molar-refractivity contribution >= 4 is 17.5 Å². The summed E-state index contributed by atoms with van der Waals surface area (Å²) in [6.07, 6.45) is 0.819. The second-order valence-electron chi connectivity index (χ2n) is 9.04. The van der Waals surface area contributed by atoms with Crippen LogP contribution in [-0.2, 0) is 13.0 Å². The number of fused-ring (bicyclic) bond motifs is 2. The molecule has 32 heavy (non-hydrogen) atoms. The fourth-order valence-corrected chi connectivity index (χ4v) is 5.24. The molecule has 1 fully saturated rings. The minimum atomic E-state index is -0.646. The number of nitrogens with one attached hydrogen (secondary N) is 2. The second-order valence-corrected chi connectivity index (χ2v) is 9.04. The van der Waals surface area contributed by atoms with Gasteiger partial charge in [0.2, 0.25) is 0 Å². The minimum Gasteiger partial charge on any atom is -0.389 e. The van der Waals surface area contributed by atoms with Crippen LogP contribution in [-0.4, -0.2) is 71.1 Å². The molecule has 0 aliphatic carbocycles. The Balaban J connectivity index is 1.32. The highest BCUT2D eigenvalue weighted by atomic mass is 16.3. The predicted octanol–water partition coefficient (Wildman–Crippen LogP) is 1.87. The molecular formula is C25H30N4O3. The Kier molecular flexibility index (Phi) is 5.39. The highest BCUT2D eigenvalue weighted by molar-refractivity contribution is 6.03. The van der Waals surface area contributed by atoms with Crippen LogP contribution in [0.25, 0.3) is 0 Å². The summed E-state index contributed by atoms with van der Waals surface area (Å²) >= 11 is 0. The van der Waals surface area contributed by atoms with Crippen molar-refractivity contribution in [2.45, 2.75) is 38.0 Å². The van der Waals surface area contributed by atoms with E-state index in [1.54, 1.807) is 28.0 Å². The van der Waals surface area contributed by atoms with Gasteiger partial charge in [0, 0.05) is 50.5 Å². The topological polar surface area (TPSA) is 84.9 Å². The van der Waals surface area contributed by atoms with E-state index < -0.39 is 11.6 Å². The smallest absolute Gasteiger partial charge is 0.256 e. The molecule has 5 rings (SSSR count). The molecule has 0 bridgehead atoms. The number of aliphatic hydroxyl groups is 1. The molecule has 7 heteroatoms. The summed E-state index contributed by atoms with van der Waals surface area (Å²) < 4.78 is 0. The highest BCUT2D eigenvalue weighted by Crippen LogP contribution is 2.33. The third kappa shape index (κ3) is 3.55. The summed E-state index contributed by atoms with van der Waals surface area (Å²) in [5.74, 6) is -0.116. The summed E-state index contributed by atoms with van der Waals surface area (Å²) in [7, 11) is 0. The quantitative estimate of drug-likeness (QED) is 0.672. The number of anilines is 1. The van der Waals surface area contributed by atoms with E-state index >= 15 is 0 Å². The molecule has 2 aromatic rings. The lowest BCUT2D eigenvalue weighted by molar-refractivity contribution is -0.0138. The van der Waals surface area contributed by atoms with E-state index in [1.165, 1.54) is 11.1 Å². The third-order valence-electron chi connectivity index (χ3n) is 7.26. The van der Waals surface area contributed by atoms with Gasteiger partial charge in [-0.3, -0.25) is 9.59 Å². The van der Waals surface area contributed by atoms with Gasteiger partial charge >= 0.3 is 0 Å². The van der Waals surface area contributed by atoms with Crippen molar-refractivity contribution in [2.24, 2.45) is 0 Å². The summed E-state index contributed by atoms with van der Waals surface area (Å²) in [4.78, 5) is 29.5. The number of likely N-dealkylation sites (N-methyl/N-ethyl adjacent to an activating group) is 1. The van der Waals surface area contributed by atoms with Crippen LogP contribution >= 0.6 is 0 Å². The first-order valence-electron chi connectivity index (χ1n) is 11.5. The van der Waals surface area contributed by atoms with Crippen LogP contribution in [0.4, 0.5) is 5.69 Å². The van der Waals surface area contributed by atoms with E-state index in [1.807, 2.05) is 19.1 Å². The van der Waals surface area contributed by atoms with Gasteiger partial charge in [-0.1, -0.05) is 24.3 Å². The molecule has 2 amide bonds. The van der Waals surface area contributed by atoms with Gasteiger partial charge in [-0.2, -0.15) is 0 Å². The summed E-state index contributed by atoms with van der Waals surface area (Å²) in [5, 5.41) is 17.9. The van der Waals surface area contributed by atoms with Crippen LogP contribution in [0, 0.1) is 0 Å². The average Bonchev–Trinajstić information content (AvgIpc) is 2.98. The Labute approximate surface area is 188 Å². The molecule has 2 atom stereocenters. The van der Waals surface area contributed by atoms with Crippen LogP contribution in [0.2, 0.25) is 0 Å². The first kappa shape index (κ1) is 21.0. The minimum absolute atomic E-state index is 0.00881. The number of nitrogens with zero attached hydrogens (tertiary/aromatic N) is 2. The summed E-state index contributed by atoms with van der Waals surface area (Å²) in [5.41, 5.74) is 4.00. The number of amides is 2. The lowest BCUT2D eigenvalue weighted by Crippen LogP contribution is -2.65. The lowest BCUT2D eigenvalue weighted by Gasteiger charge is -2.48. The van der Waals surface area contributed by atoms with Gasteiger partial charge in [-0.05, 0) is 49.1 Å². The number of piperidine rings is 1. The standard InChI is InChI=1S/C25H30N4O3/c1-2-28-12-10-26-21-13-17(7-8-20(21)24(28)32)23(31)29-11-9-25(22(30)16-29)14-18-5-3-4-6-19(18)15-27-25/h3-8,13,22,26-27,30H,2,9-12,14-16H2,1H3/t22-,25+/m1/s1. The first-order chi connectivity index (χ1) is 15.5. The normalized spacial score (nSPS) is 25.1. The number of hydrogen-bond donors (Lipinski definition) is 3. The molecule has 0 aromatic heterocycles. The van der Waals surface area contributed by atoms with E-state index in [-0.39, 0.29) is 11.8 Å². The molecule has 3 aliphatic rings. The molecule has 0 unspecified atom stereocenters. The van der Waals surface area contributed by atoms with E-state index in [0.717, 1.165) is 13.0 Å². The third-order valence-corrected chi connectivity index (χ3v) is 7.26. The predicted molar refractivity (Wildman–Crippen MR) is 123 cm³/mol. The van der Waals surface area contributed by atoms with Gasteiger partial charge in [0.1, 0.15) is 0 Å². The largest absolute Gasteiger partial charge is 0.389 e. The summed E-state index contributed by atoms with van der Waals surface area (Å²) in [6, 6.07) is 13.6. The van der Waals surface area contributed by atoms with Crippen molar-refractivity contribution in [2.75, 3.05) is 38.0 Å². The number of rotatable bonds is 2. The van der Waals surface area contributed by atoms with Crippen molar-refractivity contribution in [3.8, 4) is 0 Å². The van der Waals surface area contributed by atoms with Crippen molar-refractivity contribution in [1.82, 2.24) is 15.1 Å².